The Morgan fingerprint density at radius 1 is 1.08 bits per heavy atom. The minimum Gasteiger partial charge on any atom is -0.508 e. The standard InChI is InChI=1S/C35H53N5O12.Fe/c41-28-16-8-7-13-24(28)33-38-27(23-52-33)32(46)37-26(35(48)51-22-19-29(42)36-25-14-9-12-21-40(50)34(25)47)15-10-11-20-39(49)30(43)17-5-3-1-2-4-6-18-31(44)45;/h5,7-8,13,16-17,25-27,30,33,38,41,43,49-50H,1-4,6,9-12,14-15,18-23H2,(H,36,42)(H,37,46)(H,44,45);/b17-5-;/t25-,26-,27-,30?,33?;/m0./s1. The number of phenols is 1. The van der Waals surface area contributed by atoms with Crippen LogP contribution in [0.25, 0.3) is 0 Å². The van der Waals surface area contributed by atoms with Crippen molar-refractivity contribution in [2.75, 3.05) is 26.3 Å². The van der Waals surface area contributed by atoms with Gasteiger partial charge in [0.2, 0.25) is 11.8 Å². The summed E-state index contributed by atoms with van der Waals surface area (Å²) in [5.41, 5.74) is 0.447. The number of aliphatic hydroxyl groups excluding tert-OH is 1. The van der Waals surface area contributed by atoms with Crippen LogP contribution in [0.4, 0.5) is 0 Å². The molecule has 2 aliphatic heterocycles. The second-order valence-corrected chi connectivity index (χ2v) is 12.9. The van der Waals surface area contributed by atoms with Gasteiger partial charge in [-0.3, -0.25) is 29.7 Å². The summed E-state index contributed by atoms with van der Waals surface area (Å²) >= 11 is 0. The van der Waals surface area contributed by atoms with E-state index in [1.165, 1.54) is 12.1 Å². The summed E-state index contributed by atoms with van der Waals surface area (Å²) in [6.07, 6.45) is 7.24. The van der Waals surface area contributed by atoms with E-state index >= 15 is 0 Å². The van der Waals surface area contributed by atoms with Crippen molar-refractivity contribution >= 4 is 29.7 Å². The van der Waals surface area contributed by atoms with Gasteiger partial charge in [0.1, 0.15) is 42.9 Å². The number of carboxylic acid groups (broad SMARTS) is 1. The number of hydroxylamine groups is 4. The molecular formula is C35H53FeN5O12. The number of aliphatic hydroxyl groups is 1. The van der Waals surface area contributed by atoms with Crippen molar-refractivity contribution < 1.29 is 76.2 Å². The maximum absolute atomic E-state index is 13.2. The Balaban J connectivity index is 0.00000972. The molecule has 17 nitrogen and oxygen atoms in total. The van der Waals surface area contributed by atoms with Crippen molar-refractivity contribution in [2.24, 2.45) is 0 Å². The molecule has 2 unspecified atom stereocenters. The van der Waals surface area contributed by atoms with Gasteiger partial charge in [0, 0.05) is 42.1 Å². The maximum atomic E-state index is 13.2. The predicted octanol–water partition coefficient (Wildman–Crippen LogP) is 1.84. The van der Waals surface area contributed by atoms with Gasteiger partial charge in [0.05, 0.1) is 13.0 Å². The van der Waals surface area contributed by atoms with E-state index in [0.29, 0.717) is 55.6 Å². The number of benzene rings is 1. The van der Waals surface area contributed by atoms with E-state index in [0.717, 1.165) is 24.3 Å². The van der Waals surface area contributed by atoms with Crippen LogP contribution >= 0.6 is 0 Å². The fourth-order valence-corrected chi connectivity index (χ4v) is 5.77. The molecule has 5 atom stereocenters. The predicted molar refractivity (Wildman–Crippen MR) is 183 cm³/mol. The topological polar surface area (TPSA) is 248 Å². The van der Waals surface area contributed by atoms with Gasteiger partial charge in [0.25, 0.3) is 5.91 Å². The fourth-order valence-electron chi connectivity index (χ4n) is 5.77. The summed E-state index contributed by atoms with van der Waals surface area (Å²) in [5.74, 6) is -3.32. The molecule has 1 aromatic carbocycles. The number of aliphatic carboxylic acids is 1. The van der Waals surface area contributed by atoms with Crippen LogP contribution in [0.3, 0.4) is 0 Å². The Kier molecular flexibility index (Phi) is 21.2. The zero-order valence-corrected chi connectivity index (χ0v) is 30.8. The normalized spacial score (nSPS) is 20.0. The third-order valence-corrected chi connectivity index (χ3v) is 8.75. The monoisotopic (exact) mass is 791 g/mol. The Hall–Kier alpha value is -3.61. The Morgan fingerprint density at radius 3 is 2.58 bits per heavy atom. The van der Waals surface area contributed by atoms with Crippen LogP contribution in [0, 0.1) is 0 Å². The molecule has 53 heavy (non-hydrogen) atoms. The number of aromatic hydroxyl groups is 1. The maximum Gasteiger partial charge on any atom is 0.328 e. The van der Waals surface area contributed by atoms with E-state index in [1.54, 1.807) is 24.3 Å². The van der Waals surface area contributed by atoms with E-state index in [1.807, 2.05) is 0 Å². The smallest absolute Gasteiger partial charge is 0.328 e. The molecule has 0 spiro atoms. The number of amides is 3. The summed E-state index contributed by atoms with van der Waals surface area (Å²) < 4.78 is 11.0. The van der Waals surface area contributed by atoms with E-state index in [9.17, 15) is 44.6 Å². The number of nitrogens with zero attached hydrogens (tertiary/aromatic N) is 2. The van der Waals surface area contributed by atoms with E-state index in [-0.39, 0.29) is 68.4 Å². The molecule has 1 aromatic rings. The molecule has 2 heterocycles. The fraction of sp³-hybridized carbons (Fsp3) is 0.629. The molecule has 2 saturated heterocycles. The summed E-state index contributed by atoms with van der Waals surface area (Å²) in [6, 6.07) is 3.66. The number of hydrogen-bond acceptors (Lipinski definition) is 13. The van der Waals surface area contributed by atoms with Crippen LogP contribution in [0.2, 0.25) is 0 Å². The van der Waals surface area contributed by atoms with Gasteiger partial charge in [-0.25, -0.2) is 9.86 Å². The van der Waals surface area contributed by atoms with Crippen LogP contribution in [0.1, 0.15) is 95.3 Å². The largest absolute Gasteiger partial charge is 0.508 e. The van der Waals surface area contributed by atoms with Crippen molar-refractivity contribution in [3.05, 3.63) is 42.0 Å². The molecule has 3 amide bonds. The van der Waals surface area contributed by atoms with Gasteiger partial charge in [-0.15, -0.1) is 0 Å². The molecule has 2 fully saturated rings. The Labute approximate surface area is 319 Å². The molecule has 0 aliphatic carbocycles. The van der Waals surface area contributed by atoms with Gasteiger partial charge >= 0.3 is 11.9 Å². The van der Waals surface area contributed by atoms with E-state index < -0.39 is 60.2 Å². The molecule has 18 heteroatoms. The zero-order chi connectivity index (χ0) is 37.9. The number of phenolic OH excluding ortho intramolecular Hbond substituents is 1. The first-order valence-corrected chi connectivity index (χ1v) is 17.9. The summed E-state index contributed by atoms with van der Waals surface area (Å²) in [7, 11) is 0. The van der Waals surface area contributed by atoms with Crippen molar-refractivity contribution in [2.45, 2.75) is 114 Å². The number of unbranched alkanes of at least 4 members (excludes halogenated alkanes) is 5. The van der Waals surface area contributed by atoms with Crippen LogP contribution < -0.4 is 16.0 Å². The second kappa shape index (κ2) is 24.7. The van der Waals surface area contributed by atoms with Crippen molar-refractivity contribution in [3.8, 4) is 5.75 Å². The van der Waals surface area contributed by atoms with Crippen LogP contribution in [0.15, 0.2) is 36.4 Å². The third kappa shape index (κ3) is 16.5. The number of rotatable bonds is 22. The van der Waals surface area contributed by atoms with Crippen LogP contribution in [0.5, 0.6) is 5.75 Å². The van der Waals surface area contributed by atoms with Crippen LogP contribution in [-0.2, 0) is 50.5 Å². The molecule has 0 saturated carbocycles. The quantitative estimate of drug-likeness (QED) is 0.0159. The van der Waals surface area contributed by atoms with Crippen molar-refractivity contribution in [1.82, 2.24) is 26.1 Å². The van der Waals surface area contributed by atoms with Crippen molar-refractivity contribution in [3.63, 3.8) is 0 Å². The zero-order valence-electron chi connectivity index (χ0n) is 29.7. The number of carbonyl (C=O) groups is 5. The van der Waals surface area contributed by atoms with Gasteiger partial charge in [-0.2, -0.15) is 5.06 Å². The number of carbonyl (C=O) groups excluding carboxylic acids is 4. The van der Waals surface area contributed by atoms with E-state index in [4.69, 9.17) is 14.6 Å². The van der Waals surface area contributed by atoms with Gasteiger partial charge in [0.15, 0.2) is 0 Å². The van der Waals surface area contributed by atoms with Crippen molar-refractivity contribution in [1.29, 1.82) is 0 Å². The SMILES string of the molecule is O=C(O)CCCCCC/C=C\C(O)N(O)CCCC[C@H](NC(=O)[C@@H]1COC(c2ccccc2O)N1)C(=O)OCCC(=O)N[C@H]1CCCCN(O)C1=O.[Fe]. The summed E-state index contributed by atoms with van der Waals surface area (Å²) in [4.78, 5) is 61.7. The number of nitrogens with one attached hydrogen (secondary N) is 3. The van der Waals surface area contributed by atoms with Gasteiger partial charge < -0.3 is 40.6 Å². The molecule has 2 aliphatic rings. The average Bonchev–Trinajstić information content (AvgIpc) is 3.55. The number of hydrogen-bond donors (Lipinski definition) is 8. The number of carboxylic acids is 1. The summed E-state index contributed by atoms with van der Waals surface area (Å²) in [6.45, 7) is -0.122. The minimum atomic E-state index is -1.25. The van der Waals surface area contributed by atoms with Gasteiger partial charge in [-0.05, 0) is 69.9 Å². The minimum absolute atomic E-state index is 0. The molecule has 0 bridgehead atoms. The second-order valence-electron chi connectivity index (χ2n) is 12.9. The molecular weight excluding hydrogens is 738 g/mol. The van der Waals surface area contributed by atoms with E-state index in [2.05, 4.69) is 16.0 Å². The average molecular weight is 792 g/mol. The number of allylic oxidation sites excluding steroid dienone is 1. The first-order chi connectivity index (χ1) is 25.0. The van der Waals surface area contributed by atoms with Gasteiger partial charge in [-0.1, -0.05) is 37.1 Å². The number of ether oxygens (including phenoxy) is 2. The number of para-hydroxylation sites is 1. The molecule has 0 aromatic heterocycles. The molecule has 8 N–H and O–H groups in total. The van der Waals surface area contributed by atoms with Crippen LogP contribution in [-0.4, -0.2) is 116 Å². The molecule has 298 valence electrons. The number of esters is 1. The Bertz CT molecular complexity index is 1350. The molecule has 0 radical (unpaired) electrons. The summed E-state index contributed by atoms with van der Waals surface area (Å²) in [5, 5.41) is 58.7. The Morgan fingerprint density at radius 2 is 1.83 bits per heavy atom. The first kappa shape index (κ1) is 45.5. The third-order valence-electron chi connectivity index (χ3n) is 8.75. The molecule has 3 rings (SSSR count). The first-order valence-electron chi connectivity index (χ1n) is 17.9.